The highest BCUT2D eigenvalue weighted by molar-refractivity contribution is 7.99. The van der Waals surface area contributed by atoms with Crippen LogP contribution in [-0.4, -0.2) is 21.9 Å². The van der Waals surface area contributed by atoms with E-state index in [9.17, 15) is 4.79 Å². The van der Waals surface area contributed by atoms with E-state index in [2.05, 4.69) is 27.6 Å². The van der Waals surface area contributed by atoms with Gasteiger partial charge in [-0.3, -0.25) is 4.79 Å². The molecule has 0 fully saturated rings. The largest absolute Gasteiger partial charge is 0.484 e. The Balaban J connectivity index is 1.27. The van der Waals surface area contributed by atoms with E-state index in [-0.39, 0.29) is 18.3 Å². The van der Waals surface area contributed by atoms with Crippen molar-refractivity contribution in [3.63, 3.8) is 0 Å². The van der Waals surface area contributed by atoms with Gasteiger partial charge in [0.15, 0.2) is 6.61 Å². The summed E-state index contributed by atoms with van der Waals surface area (Å²) in [5.74, 6) is 1.16. The lowest BCUT2D eigenvalue weighted by molar-refractivity contribution is -0.113. The zero-order chi connectivity index (χ0) is 20.9. The van der Waals surface area contributed by atoms with Gasteiger partial charge >= 0.3 is 0 Å². The van der Waals surface area contributed by atoms with Crippen molar-refractivity contribution >= 4 is 35.0 Å². The van der Waals surface area contributed by atoms with E-state index in [4.69, 9.17) is 20.8 Å². The monoisotopic (exact) mass is 443 g/mol. The van der Waals surface area contributed by atoms with Crippen LogP contribution < -0.4 is 10.1 Å². The third-order valence-electron chi connectivity index (χ3n) is 5.00. The van der Waals surface area contributed by atoms with Gasteiger partial charge in [0, 0.05) is 10.7 Å². The summed E-state index contributed by atoms with van der Waals surface area (Å²) in [7, 11) is 0. The molecule has 6 nitrogen and oxygen atoms in total. The van der Waals surface area contributed by atoms with Gasteiger partial charge in [-0.25, -0.2) is 0 Å². The Bertz CT molecular complexity index is 1050. The molecule has 0 atom stereocenters. The first-order valence-electron chi connectivity index (χ1n) is 9.83. The highest BCUT2D eigenvalue weighted by Crippen LogP contribution is 2.26. The fourth-order valence-corrected chi connectivity index (χ4v) is 4.11. The number of rotatable bonds is 7. The Labute approximate surface area is 184 Å². The van der Waals surface area contributed by atoms with Crippen molar-refractivity contribution in [1.29, 1.82) is 0 Å². The second-order valence-electron chi connectivity index (χ2n) is 7.14. The summed E-state index contributed by atoms with van der Waals surface area (Å²) in [6.45, 7) is 2.05. The molecule has 1 aromatic heterocycles. The molecule has 2 aromatic carbocycles. The summed E-state index contributed by atoms with van der Waals surface area (Å²) >= 11 is 7.26. The summed E-state index contributed by atoms with van der Waals surface area (Å²) in [4.78, 5) is 12.2. The SMILES string of the molecule is Cc1c(Cl)cccc1NC(=O)CSc1nnc(COc2ccc3c(c2)CCCC3)o1. The van der Waals surface area contributed by atoms with Gasteiger partial charge in [0.05, 0.1) is 5.75 Å². The number of amides is 1. The number of carbonyl (C=O) groups excluding carboxylic acids is 1. The first kappa shape index (κ1) is 20.8. The Morgan fingerprint density at radius 3 is 2.90 bits per heavy atom. The van der Waals surface area contributed by atoms with Gasteiger partial charge in [0.2, 0.25) is 5.91 Å². The van der Waals surface area contributed by atoms with E-state index >= 15 is 0 Å². The predicted molar refractivity (Wildman–Crippen MR) is 117 cm³/mol. The van der Waals surface area contributed by atoms with Crippen LogP contribution in [0.25, 0.3) is 0 Å². The van der Waals surface area contributed by atoms with Crippen LogP contribution in [0.1, 0.15) is 35.4 Å². The highest BCUT2D eigenvalue weighted by Gasteiger charge is 2.13. The summed E-state index contributed by atoms with van der Waals surface area (Å²) in [5, 5.41) is 11.8. The molecule has 0 aliphatic heterocycles. The fraction of sp³-hybridized carbons (Fsp3) is 0.318. The predicted octanol–water partition coefficient (Wildman–Crippen LogP) is 5.22. The van der Waals surface area contributed by atoms with Gasteiger partial charge in [0.25, 0.3) is 11.1 Å². The topological polar surface area (TPSA) is 77.2 Å². The van der Waals surface area contributed by atoms with Gasteiger partial charge in [-0.05, 0) is 73.6 Å². The molecular weight excluding hydrogens is 422 g/mol. The maximum atomic E-state index is 12.2. The number of nitrogens with one attached hydrogen (secondary N) is 1. The van der Waals surface area contributed by atoms with E-state index in [0.29, 0.717) is 21.8 Å². The maximum Gasteiger partial charge on any atom is 0.277 e. The smallest absolute Gasteiger partial charge is 0.277 e. The summed E-state index contributed by atoms with van der Waals surface area (Å²) < 4.78 is 11.4. The number of hydrogen-bond donors (Lipinski definition) is 1. The van der Waals surface area contributed by atoms with E-state index in [0.717, 1.165) is 24.2 Å². The highest BCUT2D eigenvalue weighted by atomic mass is 35.5. The van der Waals surface area contributed by atoms with Crippen molar-refractivity contribution in [3.8, 4) is 5.75 Å². The van der Waals surface area contributed by atoms with Crippen LogP contribution in [-0.2, 0) is 24.2 Å². The zero-order valence-electron chi connectivity index (χ0n) is 16.6. The number of hydrogen-bond acceptors (Lipinski definition) is 6. The first-order valence-corrected chi connectivity index (χ1v) is 11.2. The fourth-order valence-electron chi connectivity index (χ4n) is 3.36. The molecule has 30 heavy (non-hydrogen) atoms. The second-order valence-corrected chi connectivity index (χ2v) is 8.47. The molecular formula is C22H22ClN3O3S. The molecule has 1 amide bonds. The van der Waals surface area contributed by atoms with Crippen molar-refractivity contribution in [2.45, 2.75) is 44.4 Å². The number of carbonyl (C=O) groups is 1. The zero-order valence-corrected chi connectivity index (χ0v) is 18.2. The normalized spacial score (nSPS) is 13.0. The molecule has 0 spiro atoms. The third-order valence-corrected chi connectivity index (χ3v) is 6.23. The van der Waals surface area contributed by atoms with E-state index in [1.165, 1.54) is 35.7 Å². The lowest BCUT2D eigenvalue weighted by atomic mass is 9.92. The van der Waals surface area contributed by atoms with Crippen LogP contribution in [0.2, 0.25) is 5.02 Å². The summed E-state index contributed by atoms with van der Waals surface area (Å²) in [6, 6.07) is 11.6. The quantitative estimate of drug-likeness (QED) is 0.504. The van der Waals surface area contributed by atoms with E-state index in [1.54, 1.807) is 12.1 Å². The minimum absolute atomic E-state index is 0.152. The van der Waals surface area contributed by atoms with Gasteiger partial charge in [-0.1, -0.05) is 35.5 Å². The van der Waals surface area contributed by atoms with Crippen LogP contribution in [0, 0.1) is 6.92 Å². The van der Waals surface area contributed by atoms with Crippen LogP contribution in [0.4, 0.5) is 5.69 Å². The minimum Gasteiger partial charge on any atom is -0.484 e. The number of thioether (sulfide) groups is 1. The molecule has 156 valence electrons. The molecule has 0 saturated heterocycles. The molecule has 1 heterocycles. The minimum atomic E-state index is -0.171. The van der Waals surface area contributed by atoms with Crippen molar-refractivity contribution < 1.29 is 13.9 Å². The van der Waals surface area contributed by atoms with Crippen LogP contribution in [0.15, 0.2) is 46.0 Å². The molecule has 1 aliphatic carbocycles. The van der Waals surface area contributed by atoms with Crippen LogP contribution in [0.3, 0.4) is 0 Å². The van der Waals surface area contributed by atoms with Gasteiger partial charge in [0.1, 0.15) is 5.75 Å². The lowest BCUT2D eigenvalue weighted by Gasteiger charge is -2.16. The maximum absolute atomic E-state index is 12.2. The van der Waals surface area contributed by atoms with E-state index in [1.807, 2.05) is 19.1 Å². The van der Waals surface area contributed by atoms with Gasteiger partial charge < -0.3 is 14.5 Å². The number of ether oxygens (including phenoxy) is 1. The molecule has 0 radical (unpaired) electrons. The Morgan fingerprint density at radius 1 is 1.20 bits per heavy atom. The van der Waals surface area contributed by atoms with Crippen molar-refractivity contribution in [1.82, 2.24) is 10.2 Å². The number of anilines is 1. The lowest BCUT2D eigenvalue weighted by Crippen LogP contribution is -2.14. The second kappa shape index (κ2) is 9.53. The average molecular weight is 444 g/mol. The number of fused-ring (bicyclic) bond motifs is 1. The molecule has 1 aliphatic rings. The van der Waals surface area contributed by atoms with Crippen molar-refractivity contribution in [2.24, 2.45) is 0 Å². The molecule has 3 aromatic rings. The van der Waals surface area contributed by atoms with Gasteiger partial charge in [-0.2, -0.15) is 0 Å². The number of aromatic nitrogens is 2. The number of halogens is 1. The van der Waals surface area contributed by atoms with Gasteiger partial charge in [-0.15, -0.1) is 10.2 Å². The first-order chi connectivity index (χ1) is 14.6. The Hall–Kier alpha value is -2.51. The molecule has 8 heteroatoms. The standard InChI is InChI=1S/C22H22ClN3O3S/c1-14-18(23)7-4-8-19(14)24-20(27)13-30-22-26-25-21(29-22)12-28-17-10-9-15-5-2-3-6-16(15)11-17/h4,7-11H,2-3,5-6,12-13H2,1H3,(H,24,27). The number of nitrogens with zero attached hydrogens (tertiary/aromatic N) is 2. The summed E-state index contributed by atoms with van der Waals surface area (Å²) in [5.41, 5.74) is 4.30. The molecule has 0 saturated carbocycles. The number of benzene rings is 2. The average Bonchev–Trinajstić information content (AvgIpc) is 3.22. The van der Waals surface area contributed by atoms with E-state index < -0.39 is 0 Å². The van der Waals surface area contributed by atoms with Crippen molar-refractivity contribution in [3.05, 3.63) is 64.0 Å². The molecule has 1 N–H and O–H groups in total. The third kappa shape index (κ3) is 5.15. The number of aryl methyl sites for hydroxylation is 2. The van der Waals surface area contributed by atoms with Crippen molar-refractivity contribution in [2.75, 3.05) is 11.1 Å². The van der Waals surface area contributed by atoms with Crippen LogP contribution in [0.5, 0.6) is 5.75 Å². The van der Waals surface area contributed by atoms with Crippen LogP contribution >= 0.6 is 23.4 Å². The molecule has 0 bridgehead atoms. The Morgan fingerprint density at radius 2 is 2.03 bits per heavy atom. The summed E-state index contributed by atoms with van der Waals surface area (Å²) in [6.07, 6.45) is 4.73. The molecule has 0 unspecified atom stereocenters. The molecule has 4 rings (SSSR count). The Kier molecular flexibility index (Phi) is 6.59.